The van der Waals surface area contributed by atoms with Gasteiger partial charge in [0.05, 0.1) is 7.85 Å². The summed E-state index contributed by atoms with van der Waals surface area (Å²) >= 11 is 2.03. The van der Waals surface area contributed by atoms with Crippen molar-refractivity contribution in [1.82, 2.24) is 0 Å². The summed E-state index contributed by atoms with van der Waals surface area (Å²) in [6, 6.07) is 0. The van der Waals surface area contributed by atoms with E-state index in [-0.39, 0.29) is 16.5 Å². The Morgan fingerprint density at radius 3 is 2.45 bits per heavy atom. The second kappa shape index (κ2) is 10.5. The maximum atomic E-state index is 9.42. The van der Waals surface area contributed by atoms with E-state index in [0.717, 1.165) is 24.5 Å². The summed E-state index contributed by atoms with van der Waals surface area (Å²) in [5.41, 5.74) is 2.81. The number of aliphatic hydroxyl groups is 1. The molecular weight excluding hydrogens is 287 g/mol. The van der Waals surface area contributed by atoms with Crippen molar-refractivity contribution in [3.05, 3.63) is 18.1 Å². The number of aliphatic hydroxyl groups excluding tert-OH is 1. The van der Waals surface area contributed by atoms with Crippen LogP contribution in [0, 0.1) is 11.3 Å². The van der Waals surface area contributed by atoms with Crippen LogP contribution in [0.2, 0.25) is 5.31 Å². The largest absolute Gasteiger partial charge is 0.505 e. The molecule has 0 aliphatic heterocycles. The van der Waals surface area contributed by atoms with Crippen LogP contribution in [-0.4, -0.2) is 24.5 Å². The summed E-state index contributed by atoms with van der Waals surface area (Å²) < 4.78 is 0. The molecule has 0 spiro atoms. The lowest BCUT2D eigenvalue weighted by Gasteiger charge is -2.24. The second-order valence-electron chi connectivity index (χ2n) is 8.13. The first-order chi connectivity index (χ1) is 10.1. The molecule has 22 heavy (non-hydrogen) atoms. The minimum atomic E-state index is -0.0381. The molecule has 1 atom stereocenters. The molecule has 0 aliphatic rings. The minimum absolute atomic E-state index is 0.0381. The summed E-state index contributed by atoms with van der Waals surface area (Å²) in [5.74, 6) is 3.37. The Labute approximate surface area is 144 Å². The maximum Gasteiger partial charge on any atom is 0.134 e. The predicted octanol–water partition coefficient (Wildman–Crippen LogP) is 6.32. The fourth-order valence-electron chi connectivity index (χ4n) is 2.66. The molecule has 0 heterocycles. The van der Waals surface area contributed by atoms with Crippen LogP contribution in [0.25, 0.3) is 0 Å². The third-order valence-corrected chi connectivity index (χ3v) is 5.41. The van der Waals surface area contributed by atoms with E-state index < -0.39 is 0 Å². The van der Waals surface area contributed by atoms with Gasteiger partial charge >= 0.3 is 0 Å². The first-order valence-electron chi connectivity index (χ1n) is 8.50. The topological polar surface area (TPSA) is 20.2 Å². The Morgan fingerprint density at radius 1 is 1.27 bits per heavy atom. The summed E-state index contributed by atoms with van der Waals surface area (Å²) in [6.07, 6.45) is 6.63. The van der Waals surface area contributed by atoms with Gasteiger partial charge in [-0.25, -0.2) is 0 Å². The zero-order chi connectivity index (χ0) is 17.2. The highest BCUT2D eigenvalue weighted by molar-refractivity contribution is 7.99. The third-order valence-electron chi connectivity index (χ3n) is 3.85. The van der Waals surface area contributed by atoms with Gasteiger partial charge in [-0.1, -0.05) is 71.5 Å². The van der Waals surface area contributed by atoms with Crippen molar-refractivity contribution in [3.63, 3.8) is 0 Å². The van der Waals surface area contributed by atoms with Crippen molar-refractivity contribution in [3.8, 4) is 0 Å². The van der Waals surface area contributed by atoms with E-state index >= 15 is 0 Å². The lowest BCUT2D eigenvalue weighted by molar-refractivity contribution is 0.327. The van der Waals surface area contributed by atoms with Gasteiger partial charge in [0, 0.05) is 6.42 Å². The van der Waals surface area contributed by atoms with Crippen LogP contribution in [-0.2, 0) is 0 Å². The smallest absolute Gasteiger partial charge is 0.134 e. The Balaban J connectivity index is 3.69. The summed E-state index contributed by atoms with van der Waals surface area (Å²) in [7, 11) is 6.06. The van der Waals surface area contributed by atoms with E-state index in [9.17, 15) is 5.11 Å². The first-order valence-corrected chi connectivity index (χ1v) is 9.66. The molecule has 0 aromatic carbocycles. The molecule has 0 rings (SSSR count). The number of thioether (sulfide) groups is 1. The van der Waals surface area contributed by atoms with Gasteiger partial charge in [0.25, 0.3) is 0 Å². The van der Waals surface area contributed by atoms with Crippen molar-refractivity contribution < 1.29 is 5.11 Å². The van der Waals surface area contributed by atoms with Gasteiger partial charge in [-0.05, 0) is 35.7 Å². The van der Waals surface area contributed by atoms with E-state index in [4.69, 9.17) is 7.85 Å². The third kappa shape index (κ3) is 13.4. The lowest BCUT2D eigenvalue weighted by Crippen LogP contribution is -2.15. The number of hydrogen-bond donors (Lipinski definition) is 1. The average molecular weight is 322 g/mol. The van der Waals surface area contributed by atoms with Gasteiger partial charge in [-0.15, -0.1) is 0 Å². The van der Waals surface area contributed by atoms with E-state index in [2.05, 4.69) is 46.9 Å². The SMILES string of the molecule is [B]C(C)(C)CC(C)CCCCSCC(C)(C)CCC(O)=C=C. The molecule has 1 N–H and O–H groups in total. The lowest BCUT2D eigenvalue weighted by atomic mass is 9.67. The molecule has 0 aliphatic carbocycles. The molecule has 0 saturated heterocycles. The van der Waals surface area contributed by atoms with Gasteiger partial charge < -0.3 is 5.11 Å². The first kappa shape index (κ1) is 21.7. The summed E-state index contributed by atoms with van der Waals surface area (Å²) in [5, 5.41) is 9.38. The molecule has 0 fully saturated rings. The molecule has 2 radical (unpaired) electrons. The van der Waals surface area contributed by atoms with E-state index in [1.165, 1.54) is 25.0 Å². The zero-order valence-corrected chi connectivity index (χ0v) is 16.2. The summed E-state index contributed by atoms with van der Waals surface area (Å²) in [4.78, 5) is 0. The van der Waals surface area contributed by atoms with Crippen LogP contribution in [0.3, 0.4) is 0 Å². The van der Waals surface area contributed by atoms with Crippen LogP contribution < -0.4 is 0 Å². The molecule has 0 amide bonds. The molecular formula is C19H35BOS. The monoisotopic (exact) mass is 322 g/mol. The van der Waals surface area contributed by atoms with Crippen LogP contribution in [0.4, 0.5) is 0 Å². The molecule has 1 unspecified atom stereocenters. The van der Waals surface area contributed by atoms with Crippen LogP contribution >= 0.6 is 11.8 Å². The normalized spacial score (nSPS) is 13.7. The van der Waals surface area contributed by atoms with E-state index in [1.54, 1.807) is 0 Å². The molecule has 3 heteroatoms. The van der Waals surface area contributed by atoms with Gasteiger partial charge in [0.1, 0.15) is 5.76 Å². The zero-order valence-electron chi connectivity index (χ0n) is 15.4. The second-order valence-corrected chi connectivity index (χ2v) is 9.24. The summed E-state index contributed by atoms with van der Waals surface area (Å²) in [6.45, 7) is 14.5. The van der Waals surface area contributed by atoms with Crippen LogP contribution in [0.1, 0.15) is 73.1 Å². The molecule has 0 aromatic rings. The molecule has 1 nitrogen and oxygen atoms in total. The standard InChI is InChI=1S/C19H35BOS/c1-7-17(21)11-12-18(3,4)15-22-13-9-8-10-16(2)14-19(5,6)20/h16,21H,1,8-15H2,2-6H3. The number of hydrogen-bond acceptors (Lipinski definition) is 2. The van der Waals surface area contributed by atoms with Crippen molar-refractivity contribution in [2.24, 2.45) is 11.3 Å². The molecule has 0 bridgehead atoms. The van der Waals surface area contributed by atoms with E-state index in [1.807, 2.05) is 11.8 Å². The number of rotatable bonds is 12. The maximum absolute atomic E-state index is 9.42. The van der Waals surface area contributed by atoms with Crippen molar-refractivity contribution in [1.29, 1.82) is 0 Å². The van der Waals surface area contributed by atoms with Crippen molar-refractivity contribution >= 4 is 19.6 Å². The molecule has 0 aromatic heterocycles. The average Bonchev–Trinajstić information content (AvgIpc) is 2.38. The highest BCUT2D eigenvalue weighted by Gasteiger charge is 2.18. The van der Waals surface area contributed by atoms with Crippen LogP contribution in [0.15, 0.2) is 18.1 Å². The Kier molecular flexibility index (Phi) is 10.4. The van der Waals surface area contributed by atoms with Gasteiger partial charge in [-0.3, -0.25) is 0 Å². The van der Waals surface area contributed by atoms with Crippen LogP contribution in [0.5, 0.6) is 0 Å². The Hall–Kier alpha value is -0.265. The highest BCUT2D eigenvalue weighted by atomic mass is 32.2. The highest BCUT2D eigenvalue weighted by Crippen LogP contribution is 2.31. The van der Waals surface area contributed by atoms with Crippen molar-refractivity contribution in [2.45, 2.75) is 78.5 Å². The van der Waals surface area contributed by atoms with Gasteiger partial charge in [0.2, 0.25) is 0 Å². The molecule has 0 saturated carbocycles. The minimum Gasteiger partial charge on any atom is -0.505 e. The predicted molar refractivity (Wildman–Crippen MR) is 103 cm³/mol. The van der Waals surface area contributed by atoms with Crippen molar-refractivity contribution in [2.75, 3.05) is 11.5 Å². The molecule has 126 valence electrons. The Morgan fingerprint density at radius 2 is 1.91 bits per heavy atom. The van der Waals surface area contributed by atoms with Gasteiger partial charge in [0.15, 0.2) is 0 Å². The quantitative estimate of drug-likeness (QED) is 0.196. The fourth-order valence-corrected chi connectivity index (χ4v) is 3.91. The number of unbranched alkanes of at least 4 members (excludes halogenated alkanes) is 1. The van der Waals surface area contributed by atoms with E-state index in [0.29, 0.717) is 6.42 Å². The Bertz CT molecular complexity index is 351. The number of allylic oxidation sites excluding steroid dienone is 1. The fraction of sp³-hybridized carbons (Fsp3) is 0.842. The van der Waals surface area contributed by atoms with Gasteiger partial charge in [-0.2, -0.15) is 11.8 Å².